The average Bonchev–Trinajstić information content (AvgIpc) is 3.13. The molecule has 0 saturated heterocycles. The quantitative estimate of drug-likeness (QED) is 0.735. The van der Waals surface area contributed by atoms with Crippen molar-refractivity contribution in [3.63, 3.8) is 0 Å². The fraction of sp³-hybridized carbons (Fsp3) is 0.471. The summed E-state index contributed by atoms with van der Waals surface area (Å²) in [5, 5.41) is 4.21. The van der Waals surface area contributed by atoms with Crippen LogP contribution in [0.1, 0.15) is 54.3 Å². The van der Waals surface area contributed by atoms with E-state index < -0.39 is 5.91 Å². The maximum atomic E-state index is 12.6. The summed E-state index contributed by atoms with van der Waals surface area (Å²) in [4.78, 5) is 36.2. The number of nitrogens with one attached hydrogen (secondary N) is 1. The fourth-order valence-electron chi connectivity index (χ4n) is 3.70. The van der Waals surface area contributed by atoms with Crippen molar-refractivity contribution in [2.75, 3.05) is 0 Å². The molecule has 0 unspecified atom stereocenters. The van der Waals surface area contributed by atoms with Crippen molar-refractivity contribution in [1.29, 1.82) is 0 Å². The van der Waals surface area contributed by atoms with Gasteiger partial charge in [-0.25, -0.2) is 14.8 Å². The highest BCUT2D eigenvalue weighted by Crippen LogP contribution is 2.30. The van der Waals surface area contributed by atoms with Gasteiger partial charge in [0.2, 0.25) is 0 Å². The van der Waals surface area contributed by atoms with Crippen LogP contribution in [0.25, 0.3) is 22.6 Å². The van der Waals surface area contributed by atoms with Gasteiger partial charge in [-0.1, -0.05) is 19.3 Å². The molecule has 4 rings (SSSR count). The zero-order chi connectivity index (χ0) is 18.4. The van der Waals surface area contributed by atoms with Gasteiger partial charge in [-0.15, -0.1) is 0 Å². The van der Waals surface area contributed by atoms with Crippen LogP contribution in [0.5, 0.6) is 0 Å². The predicted octanol–water partition coefficient (Wildman–Crippen LogP) is 1.43. The highest BCUT2D eigenvalue weighted by atomic mass is 16.2. The number of carbonyl (C=O) groups is 1. The summed E-state index contributed by atoms with van der Waals surface area (Å²) in [6, 6.07) is 0.0727. The number of nitrogens with zero attached hydrogens (tertiary/aromatic N) is 5. The zero-order valence-electron chi connectivity index (χ0n) is 14.8. The maximum absolute atomic E-state index is 12.6. The highest BCUT2D eigenvalue weighted by molar-refractivity contribution is 6.01. The molecule has 0 bridgehead atoms. The molecule has 1 fully saturated rings. The molecule has 1 aliphatic rings. The van der Waals surface area contributed by atoms with Gasteiger partial charge in [-0.3, -0.25) is 14.0 Å². The van der Waals surface area contributed by atoms with Crippen molar-refractivity contribution >= 4 is 17.1 Å². The SMILES string of the molecule is Cc1c(-c2nc(C(N)=O)c3[nH]c(=O)n(C4CCCCC4)c3n2)cnn1C. The second kappa shape index (κ2) is 6.08. The molecule has 1 amide bonds. The molecule has 1 saturated carbocycles. The third-order valence-corrected chi connectivity index (χ3v) is 5.22. The second-order valence-electron chi connectivity index (χ2n) is 6.82. The summed E-state index contributed by atoms with van der Waals surface area (Å²) >= 11 is 0. The summed E-state index contributed by atoms with van der Waals surface area (Å²) in [5.74, 6) is -0.349. The van der Waals surface area contributed by atoms with Gasteiger partial charge in [0.25, 0.3) is 5.91 Å². The van der Waals surface area contributed by atoms with Crippen molar-refractivity contribution < 1.29 is 4.79 Å². The van der Waals surface area contributed by atoms with E-state index in [1.165, 1.54) is 6.42 Å². The van der Waals surface area contributed by atoms with E-state index in [2.05, 4.69) is 20.1 Å². The Hall–Kier alpha value is -2.97. The van der Waals surface area contributed by atoms with Crippen molar-refractivity contribution in [2.24, 2.45) is 12.8 Å². The summed E-state index contributed by atoms with van der Waals surface area (Å²) in [6.07, 6.45) is 6.82. The molecule has 0 spiro atoms. The van der Waals surface area contributed by atoms with Crippen molar-refractivity contribution in [2.45, 2.75) is 45.1 Å². The minimum Gasteiger partial charge on any atom is -0.364 e. The van der Waals surface area contributed by atoms with Crippen LogP contribution < -0.4 is 11.4 Å². The Morgan fingerprint density at radius 3 is 2.62 bits per heavy atom. The highest BCUT2D eigenvalue weighted by Gasteiger charge is 2.25. The number of nitrogens with two attached hydrogens (primary N) is 1. The Morgan fingerprint density at radius 2 is 2.00 bits per heavy atom. The lowest BCUT2D eigenvalue weighted by Gasteiger charge is -2.22. The Balaban J connectivity index is 1.99. The predicted molar refractivity (Wildman–Crippen MR) is 95.7 cm³/mol. The van der Waals surface area contributed by atoms with Gasteiger partial charge in [0.15, 0.2) is 17.2 Å². The number of fused-ring (bicyclic) bond motifs is 1. The number of primary amides is 1. The molecular formula is C17H21N7O2. The van der Waals surface area contributed by atoms with E-state index >= 15 is 0 Å². The molecule has 3 heterocycles. The van der Waals surface area contributed by atoms with Gasteiger partial charge >= 0.3 is 5.69 Å². The van der Waals surface area contributed by atoms with E-state index in [1.807, 2.05) is 14.0 Å². The second-order valence-corrected chi connectivity index (χ2v) is 6.82. The molecule has 3 aromatic rings. The van der Waals surface area contributed by atoms with Crippen molar-refractivity contribution in [1.82, 2.24) is 29.3 Å². The lowest BCUT2D eigenvalue weighted by atomic mass is 9.95. The van der Waals surface area contributed by atoms with Gasteiger partial charge < -0.3 is 10.7 Å². The van der Waals surface area contributed by atoms with Gasteiger partial charge in [0.05, 0.1) is 11.8 Å². The van der Waals surface area contributed by atoms with Crippen LogP contribution in [-0.4, -0.2) is 35.2 Å². The number of H-pyrrole nitrogens is 1. The van der Waals surface area contributed by atoms with Crippen LogP contribution >= 0.6 is 0 Å². The van der Waals surface area contributed by atoms with Gasteiger partial charge in [0, 0.05) is 18.8 Å². The first-order valence-electron chi connectivity index (χ1n) is 8.78. The van der Waals surface area contributed by atoms with E-state index in [0.717, 1.165) is 31.4 Å². The summed E-state index contributed by atoms with van der Waals surface area (Å²) in [5.41, 5.74) is 7.59. The number of aromatic nitrogens is 6. The molecule has 3 aromatic heterocycles. The van der Waals surface area contributed by atoms with E-state index in [1.54, 1.807) is 15.4 Å². The minimum absolute atomic E-state index is 0.0277. The lowest BCUT2D eigenvalue weighted by Crippen LogP contribution is -2.24. The Bertz CT molecular complexity index is 1050. The first-order valence-corrected chi connectivity index (χ1v) is 8.78. The number of imidazole rings is 1. The van der Waals surface area contributed by atoms with Crippen LogP contribution in [0.2, 0.25) is 0 Å². The number of rotatable bonds is 3. The molecule has 0 radical (unpaired) electrons. The van der Waals surface area contributed by atoms with Crippen LogP contribution in [0, 0.1) is 6.92 Å². The first-order chi connectivity index (χ1) is 12.5. The maximum Gasteiger partial charge on any atom is 0.327 e. The van der Waals surface area contributed by atoms with Gasteiger partial charge in [-0.05, 0) is 19.8 Å². The molecule has 0 atom stereocenters. The molecule has 3 N–H and O–H groups in total. The fourth-order valence-corrected chi connectivity index (χ4v) is 3.70. The number of amides is 1. The zero-order valence-corrected chi connectivity index (χ0v) is 14.8. The van der Waals surface area contributed by atoms with Crippen LogP contribution in [0.3, 0.4) is 0 Å². The Morgan fingerprint density at radius 1 is 1.27 bits per heavy atom. The first kappa shape index (κ1) is 16.5. The smallest absolute Gasteiger partial charge is 0.327 e. The lowest BCUT2D eigenvalue weighted by molar-refractivity contribution is 0.0997. The van der Waals surface area contributed by atoms with Crippen LogP contribution in [0.15, 0.2) is 11.0 Å². The van der Waals surface area contributed by atoms with E-state index in [-0.39, 0.29) is 17.4 Å². The standard InChI is InChI=1S/C17H21N7O2/c1-9-11(8-19-23(9)2)15-20-12(14(18)25)13-16(22-15)24(17(26)21-13)10-6-4-3-5-7-10/h8,10H,3-7H2,1-2H3,(H2,18,25)(H,21,26). The van der Waals surface area contributed by atoms with Crippen LogP contribution in [0.4, 0.5) is 0 Å². The van der Waals surface area contributed by atoms with E-state index in [4.69, 9.17) is 5.73 Å². The number of aromatic amines is 1. The van der Waals surface area contributed by atoms with Gasteiger partial charge in [-0.2, -0.15) is 5.10 Å². The van der Waals surface area contributed by atoms with Gasteiger partial charge in [0.1, 0.15) is 5.52 Å². The van der Waals surface area contributed by atoms with E-state index in [0.29, 0.717) is 22.6 Å². The monoisotopic (exact) mass is 355 g/mol. The molecule has 0 aromatic carbocycles. The summed E-state index contributed by atoms with van der Waals surface area (Å²) in [7, 11) is 1.82. The molecule has 1 aliphatic carbocycles. The molecule has 26 heavy (non-hydrogen) atoms. The molecule has 136 valence electrons. The molecular weight excluding hydrogens is 334 g/mol. The number of hydrogen-bond acceptors (Lipinski definition) is 5. The van der Waals surface area contributed by atoms with Crippen LogP contribution in [-0.2, 0) is 7.05 Å². The minimum atomic E-state index is -0.697. The third kappa shape index (κ3) is 2.51. The number of aryl methyl sites for hydroxylation is 1. The van der Waals surface area contributed by atoms with Crippen molar-refractivity contribution in [3.05, 3.63) is 28.1 Å². The topological polar surface area (TPSA) is 124 Å². The van der Waals surface area contributed by atoms with E-state index in [9.17, 15) is 9.59 Å². The molecule has 9 heteroatoms. The average molecular weight is 355 g/mol. The molecule has 0 aliphatic heterocycles. The normalized spacial score (nSPS) is 15.6. The summed E-state index contributed by atoms with van der Waals surface area (Å²) in [6.45, 7) is 1.89. The number of carbonyl (C=O) groups excluding carboxylic acids is 1. The third-order valence-electron chi connectivity index (χ3n) is 5.22. The largest absolute Gasteiger partial charge is 0.364 e. The van der Waals surface area contributed by atoms with Crippen molar-refractivity contribution in [3.8, 4) is 11.4 Å². The molecule has 9 nitrogen and oxygen atoms in total. The summed E-state index contributed by atoms with van der Waals surface area (Å²) < 4.78 is 3.37. The number of hydrogen-bond donors (Lipinski definition) is 2. The Kier molecular flexibility index (Phi) is 3.86. The Labute approximate surface area is 149 Å².